The maximum Gasteiger partial charge on any atom is 0.426 e. The van der Waals surface area contributed by atoms with Crippen molar-refractivity contribution in [2.45, 2.75) is 26.4 Å². The van der Waals surface area contributed by atoms with Gasteiger partial charge in [-0.1, -0.05) is 0 Å². The number of ether oxygens (including phenoxy) is 2. The van der Waals surface area contributed by atoms with E-state index in [1.165, 1.54) is 0 Å². The average molecular weight is 297 g/mol. The molecular weight excluding hydrogens is 278 g/mol. The van der Waals surface area contributed by atoms with Gasteiger partial charge in [-0.2, -0.15) is 0 Å². The van der Waals surface area contributed by atoms with E-state index < -0.39 is 11.7 Å². The Morgan fingerprint density at radius 1 is 1.15 bits per heavy atom. The number of carbonyl (C=O) groups excluding carboxylic acids is 1. The second kappa shape index (κ2) is 6.95. The minimum absolute atomic E-state index is 0.251. The lowest BCUT2D eigenvalue weighted by atomic mass is 10.2. The summed E-state index contributed by atoms with van der Waals surface area (Å²) in [5, 5.41) is 3.16. The van der Waals surface area contributed by atoms with Crippen LogP contribution < -0.4 is 20.9 Å². The van der Waals surface area contributed by atoms with Crippen molar-refractivity contribution in [3.63, 3.8) is 0 Å². The Morgan fingerprint density at radius 3 is 2.25 bits per heavy atom. The largest absolute Gasteiger partial charge is 0.497 e. The summed E-state index contributed by atoms with van der Waals surface area (Å²) in [5.41, 5.74) is 5.10. The van der Waals surface area contributed by atoms with Crippen molar-refractivity contribution < 1.29 is 14.3 Å². The lowest BCUT2D eigenvalue weighted by Crippen LogP contribution is -2.45. The maximum absolute atomic E-state index is 11.4. The summed E-state index contributed by atoms with van der Waals surface area (Å²) in [4.78, 5) is 11.4. The summed E-state index contributed by atoms with van der Waals surface area (Å²) in [7, 11) is 1.60. The first-order valence-electron chi connectivity index (χ1n) is 6.00. The highest BCUT2D eigenvalue weighted by Gasteiger charge is 2.15. The summed E-state index contributed by atoms with van der Waals surface area (Å²) in [5.74, 6) is 0.751. The molecule has 3 N–H and O–H groups in total. The van der Waals surface area contributed by atoms with E-state index in [0.717, 1.165) is 11.4 Å². The molecule has 0 heterocycles. The number of hydrogen-bond donors (Lipinski definition) is 3. The Morgan fingerprint density at radius 2 is 1.75 bits per heavy atom. The van der Waals surface area contributed by atoms with Crippen LogP contribution >= 0.6 is 12.2 Å². The van der Waals surface area contributed by atoms with E-state index >= 15 is 0 Å². The van der Waals surface area contributed by atoms with Gasteiger partial charge >= 0.3 is 6.09 Å². The van der Waals surface area contributed by atoms with Crippen LogP contribution in [0.4, 0.5) is 10.5 Å². The number of carbonyl (C=O) groups is 1. The van der Waals surface area contributed by atoms with E-state index in [-0.39, 0.29) is 5.11 Å². The highest BCUT2D eigenvalue weighted by Crippen LogP contribution is 2.14. The number of benzene rings is 1. The smallest absolute Gasteiger partial charge is 0.426 e. The molecule has 20 heavy (non-hydrogen) atoms. The van der Waals surface area contributed by atoms with Crippen molar-refractivity contribution in [1.82, 2.24) is 10.9 Å². The highest BCUT2D eigenvalue weighted by molar-refractivity contribution is 7.80. The molecule has 0 spiro atoms. The molecule has 7 heteroatoms. The normalized spacial score (nSPS) is 10.4. The molecule has 1 rings (SSSR count). The summed E-state index contributed by atoms with van der Waals surface area (Å²) in [6, 6.07) is 7.21. The molecule has 0 aliphatic rings. The predicted molar refractivity (Wildman–Crippen MR) is 81.7 cm³/mol. The van der Waals surface area contributed by atoms with Crippen LogP contribution in [0, 0.1) is 0 Å². The van der Waals surface area contributed by atoms with Crippen molar-refractivity contribution in [2.75, 3.05) is 12.4 Å². The van der Waals surface area contributed by atoms with Gasteiger partial charge in [0.2, 0.25) is 0 Å². The fraction of sp³-hybridized carbons (Fsp3) is 0.385. The van der Waals surface area contributed by atoms with E-state index in [2.05, 4.69) is 16.2 Å². The molecule has 0 saturated heterocycles. The molecular formula is C13H19N3O3S. The fourth-order valence-corrected chi connectivity index (χ4v) is 1.42. The van der Waals surface area contributed by atoms with Crippen molar-refractivity contribution in [1.29, 1.82) is 0 Å². The number of amides is 1. The van der Waals surface area contributed by atoms with Gasteiger partial charge in [0.05, 0.1) is 7.11 Å². The van der Waals surface area contributed by atoms with Crippen molar-refractivity contribution in [3.05, 3.63) is 24.3 Å². The van der Waals surface area contributed by atoms with E-state index in [9.17, 15) is 4.79 Å². The van der Waals surface area contributed by atoms with Gasteiger partial charge in [0, 0.05) is 5.69 Å². The number of hydrazine groups is 1. The fourth-order valence-electron chi connectivity index (χ4n) is 1.25. The van der Waals surface area contributed by atoms with Gasteiger partial charge in [-0.05, 0) is 57.3 Å². The monoisotopic (exact) mass is 297 g/mol. The maximum atomic E-state index is 11.4. The molecule has 1 aromatic rings. The summed E-state index contributed by atoms with van der Waals surface area (Å²) in [6.45, 7) is 5.33. The molecule has 0 unspecified atom stereocenters. The summed E-state index contributed by atoms with van der Waals surface area (Å²) >= 11 is 5.03. The molecule has 0 aliphatic carbocycles. The molecule has 0 aliphatic heterocycles. The first-order valence-corrected chi connectivity index (χ1v) is 6.41. The Hall–Kier alpha value is -2.02. The van der Waals surface area contributed by atoms with Crippen molar-refractivity contribution in [3.8, 4) is 5.75 Å². The van der Waals surface area contributed by atoms with Crippen LogP contribution in [0.15, 0.2) is 24.3 Å². The molecule has 6 nitrogen and oxygen atoms in total. The Balaban J connectivity index is 2.38. The van der Waals surface area contributed by atoms with Crippen LogP contribution in [0.1, 0.15) is 20.8 Å². The summed E-state index contributed by atoms with van der Waals surface area (Å²) < 4.78 is 10.1. The van der Waals surface area contributed by atoms with Gasteiger partial charge in [0.15, 0.2) is 5.11 Å². The molecule has 0 fully saturated rings. The number of nitrogens with one attached hydrogen (secondary N) is 3. The standard InChI is InChI=1S/C13H19N3O3S/c1-13(2,3)19-12(17)16-15-11(20)14-9-5-7-10(18-4)8-6-9/h5-8H,1-4H3,(H,16,17)(H2,14,15,20). The van der Waals surface area contributed by atoms with Gasteiger partial charge in [0.25, 0.3) is 0 Å². The Kier molecular flexibility index (Phi) is 5.57. The number of anilines is 1. The van der Waals surface area contributed by atoms with Crippen LogP contribution in [-0.4, -0.2) is 23.9 Å². The topological polar surface area (TPSA) is 71.6 Å². The number of methoxy groups -OCH3 is 1. The van der Waals surface area contributed by atoms with Crippen molar-refractivity contribution in [2.24, 2.45) is 0 Å². The zero-order valence-electron chi connectivity index (χ0n) is 11.9. The minimum atomic E-state index is -0.601. The molecule has 1 amide bonds. The van der Waals surface area contributed by atoms with Gasteiger partial charge in [0.1, 0.15) is 11.4 Å². The zero-order chi connectivity index (χ0) is 15.2. The molecule has 110 valence electrons. The lowest BCUT2D eigenvalue weighted by Gasteiger charge is -2.20. The molecule has 1 aromatic carbocycles. The minimum Gasteiger partial charge on any atom is -0.497 e. The quantitative estimate of drug-likeness (QED) is 0.575. The van der Waals surface area contributed by atoms with Gasteiger partial charge < -0.3 is 14.8 Å². The zero-order valence-corrected chi connectivity index (χ0v) is 12.8. The Labute approximate surface area is 123 Å². The third-order valence-corrected chi connectivity index (χ3v) is 2.23. The van der Waals surface area contributed by atoms with E-state index in [1.807, 2.05) is 0 Å². The van der Waals surface area contributed by atoms with Crippen LogP contribution in [0.25, 0.3) is 0 Å². The third kappa shape index (κ3) is 6.24. The first-order chi connectivity index (χ1) is 9.30. The second-order valence-corrected chi connectivity index (χ2v) is 5.34. The SMILES string of the molecule is COc1ccc(NC(=S)NNC(=O)OC(C)(C)C)cc1. The van der Waals surface area contributed by atoms with Crippen LogP contribution in [0.3, 0.4) is 0 Å². The molecule has 0 saturated carbocycles. The molecule has 0 radical (unpaired) electrons. The number of thiocarbonyl (C=S) groups is 1. The van der Waals surface area contributed by atoms with Crippen LogP contribution in [0.2, 0.25) is 0 Å². The lowest BCUT2D eigenvalue weighted by molar-refractivity contribution is 0.0513. The third-order valence-electron chi connectivity index (χ3n) is 2.02. The second-order valence-electron chi connectivity index (χ2n) is 4.93. The highest BCUT2D eigenvalue weighted by atomic mass is 32.1. The van der Waals surface area contributed by atoms with Gasteiger partial charge in [-0.3, -0.25) is 5.43 Å². The van der Waals surface area contributed by atoms with Crippen LogP contribution in [0.5, 0.6) is 5.75 Å². The van der Waals surface area contributed by atoms with E-state index in [1.54, 1.807) is 52.1 Å². The van der Waals surface area contributed by atoms with Gasteiger partial charge in [-0.25, -0.2) is 10.2 Å². The van der Waals surface area contributed by atoms with E-state index in [4.69, 9.17) is 21.7 Å². The molecule has 0 bridgehead atoms. The number of rotatable bonds is 2. The van der Waals surface area contributed by atoms with Crippen molar-refractivity contribution >= 4 is 29.1 Å². The summed E-state index contributed by atoms with van der Waals surface area (Å²) in [6.07, 6.45) is -0.601. The Bertz CT molecular complexity index is 469. The van der Waals surface area contributed by atoms with E-state index in [0.29, 0.717) is 0 Å². The van der Waals surface area contributed by atoms with Crippen LogP contribution in [-0.2, 0) is 4.74 Å². The predicted octanol–water partition coefficient (Wildman–Crippen LogP) is 2.42. The molecule has 0 aromatic heterocycles. The number of hydrogen-bond acceptors (Lipinski definition) is 4. The average Bonchev–Trinajstić information content (AvgIpc) is 2.35. The first kappa shape index (κ1) is 16.0. The van der Waals surface area contributed by atoms with Gasteiger partial charge in [-0.15, -0.1) is 0 Å². The molecule has 0 atom stereocenters.